The average molecular weight is 509 g/mol. The van der Waals surface area contributed by atoms with Crippen LogP contribution < -0.4 is 5.32 Å². The van der Waals surface area contributed by atoms with Crippen LogP contribution in [0.4, 0.5) is 10.5 Å². The number of hydrogen-bond acceptors (Lipinski definition) is 6. The fraction of sp³-hybridized carbons (Fsp3) is 0.414. The van der Waals surface area contributed by atoms with Crippen molar-refractivity contribution >= 4 is 34.6 Å². The highest BCUT2D eigenvalue weighted by molar-refractivity contribution is 8.14. The SMILES string of the molecule is CCOC(=O)/C=C/C(C)(C)C1(CCNC(=O)OC(C)(C)C)C(Sc2ccccc2)=Nc2ccccc21. The van der Waals surface area contributed by atoms with Crippen molar-refractivity contribution in [3.8, 4) is 0 Å². The van der Waals surface area contributed by atoms with Crippen LogP contribution >= 0.6 is 11.8 Å². The molecule has 0 bridgehead atoms. The van der Waals surface area contributed by atoms with E-state index in [0.717, 1.165) is 21.2 Å². The predicted molar refractivity (Wildman–Crippen MR) is 146 cm³/mol. The van der Waals surface area contributed by atoms with Gasteiger partial charge < -0.3 is 14.8 Å². The van der Waals surface area contributed by atoms with E-state index >= 15 is 0 Å². The molecule has 0 aliphatic carbocycles. The minimum absolute atomic E-state index is 0.313. The molecular weight excluding hydrogens is 472 g/mol. The zero-order valence-electron chi connectivity index (χ0n) is 22.0. The number of fused-ring (bicyclic) bond motifs is 1. The van der Waals surface area contributed by atoms with Crippen LogP contribution in [0.3, 0.4) is 0 Å². The van der Waals surface area contributed by atoms with Crippen LogP contribution in [0.2, 0.25) is 0 Å². The number of allylic oxidation sites excluding steroid dienone is 1. The van der Waals surface area contributed by atoms with E-state index in [1.807, 2.05) is 63.2 Å². The van der Waals surface area contributed by atoms with Crippen LogP contribution in [0.15, 0.2) is 76.6 Å². The van der Waals surface area contributed by atoms with Crippen LogP contribution in [0.25, 0.3) is 0 Å². The Hall–Kier alpha value is -3.06. The van der Waals surface area contributed by atoms with Crippen molar-refractivity contribution in [1.29, 1.82) is 0 Å². The van der Waals surface area contributed by atoms with Gasteiger partial charge in [-0.3, -0.25) is 0 Å². The molecule has 36 heavy (non-hydrogen) atoms. The van der Waals surface area contributed by atoms with Gasteiger partial charge in [-0.2, -0.15) is 0 Å². The molecule has 7 heteroatoms. The van der Waals surface area contributed by atoms with Crippen LogP contribution in [-0.4, -0.2) is 35.9 Å². The average Bonchev–Trinajstić information content (AvgIpc) is 3.12. The van der Waals surface area contributed by atoms with Crippen LogP contribution in [0.5, 0.6) is 0 Å². The van der Waals surface area contributed by atoms with Crippen molar-refractivity contribution < 1.29 is 19.1 Å². The summed E-state index contributed by atoms with van der Waals surface area (Å²) >= 11 is 1.61. The Labute approximate surface area is 218 Å². The summed E-state index contributed by atoms with van der Waals surface area (Å²) in [6.07, 6.45) is 3.50. The van der Waals surface area contributed by atoms with Gasteiger partial charge in [0.15, 0.2) is 0 Å². The van der Waals surface area contributed by atoms with E-state index < -0.39 is 22.5 Å². The number of alkyl carbamates (subject to hydrolysis) is 1. The number of rotatable bonds is 8. The lowest BCUT2D eigenvalue weighted by molar-refractivity contribution is -0.137. The largest absolute Gasteiger partial charge is 0.463 e. The number of nitrogens with zero attached hydrogens (tertiary/aromatic N) is 1. The number of esters is 1. The number of carbonyl (C=O) groups is 2. The summed E-state index contributed by atoms with van der Waals surface area (Å²) in [5.41, 5.74) is 0.211. The third kappa shape index (κ3) is 6.38. The van der Waals surface area contributed by atoms with Crippen molar-refractivity contribution in [2.75, 3.05) is 13.2 Å². The number of nitrogens with one attached hydrogen (secondary N) is 1. The molecule has 1 unspecified atom stereocenters. The second-order valence-electron chi connectivity index (χ2n) is 10.2. The number of aliphatic imine (C=N–C) groups is 1. The van der Waals surface area contributed by atoms with E-state index in [-0.39, 0.29) is 5.97 Å². The quantitative estimate of drug-likeness (QED) is 0.313. The zero-order chi connectivity index (χ0) is 26.4. The van der Waals surface area contributed by atoms with E-state index in [2.05, 4.69) is 37.4 Å². The van der Waals surface area contributed by atoms with Gasteiger partial charge in [-0.15, -0.1) is 0 Å². The van der Waals surface area contributed by atoms with E-state index in [4.69, 9.17) is 14.5 Å². The van der Waals surface area contributed by atoms with Gasteiger partial charge in [0.25, 0.3) is 0 Å². The lowest BCUT2D eigenvalue weighted by Gasteiger charge is -2.44. The molecule has 0 saturated carbocycles. The molecule has 0 saturated heterocycles. The number of amides is 1. The number of ether oxygens (including phenoxy) is 2. The molecule has 192 valence electrons. The Bertz CT molecular complexity index is 1140. The molecule has 1 aliphatic rings. The highest BCUT2D eigenvalue weighted by atomic mass is 32.2. The molecule has 2 aromatic rings. The van der Waals surface area contributed by atoms with Crippen molar-refractivity contribution in [1.82, 2.24) is 5.32 Å². The van der Waals surface area contributed by atoms with Gasteiger partial charge in [-0.1, -0.05) is 68.1 Å². The molecule has 3 rings (SSSR count). The van der Waals surface area contributed by atoms with E-state index in [1.165, 1.54) is 6.08 Å². The van der Waals surface area contributed by atoms with Gasteiger partial charge >= 0.3 is 12.1 Å². The second-order valence-corrected chi connectivity index (χ2v) is 11.3. The minimum atomic E-state index is -0.609. The maximum atomic E-state index is 12.4. The van der Waals surface area contributed by atoms with Crippen molar-refractivity contribution in [2.45, 2.75) is 63.9 Å². The van der Waals surface area contributed by atoms with E-state index in [1.54, 1.807) is 18.7 Å². The van der Waals surface area contributed by atoms with E-state index in [9.17, 15) is 9.59 Å². The van der Waals surface area contributed by atoms with Crippen LogP contribution in [0, 0.1) is 5.41 Å². The second kappa shape index (κ2) is 11.3. The Morgan fingerprint density at radius 3 is 2.36 bits per heavy atom. The van der Waals surface area contributed by atoms with Gasteiger partial charge in [-0.25, -0.2) is 14.6 Å². The summed E-state index contributed by atoms with van der Waals surface area (Å²) in [5.74, 6) is -0.381. The summed E-state index contributed by atoms with van der Waals surface area (Å²) < 4.78 is 10.6. The maximum Gasteiger partial charge on any atom is 0.407 e. The van der Waals surface area contributed by atoms with Gasteiger partial charge in [0.2, 0.25) is 0 Å². The number of benzene rings is 2. The smallest absolute Gasteiger partial charge is 0.407 e. The van der Waals surface area contributed by atoms with E-state index in [0.29, 0.717) is 19.6 Å². The standard InChI is InChI=1S/C29H36N2O4S/c1-7-34-24(32)17-18-28(5,6)29(19-20-30-26(33)35-27(2,3)4)22-15-11-12-16-23(22)31-25(29)36-21-13-9-8-10-14-21/h8-18H,7,19-20H2,1-6H3,(H,30,33)/b18-17+. The fourth-order valence-electron chi connectivity index (χ4n) is 4.42. The Balaban J connectivity index is 2.04. The first-order chi connectivity index (χ1) is 17.0. The van der Waals surface area contributed by atoms with Gasteiger partial charge in [0, 0.05) is 17.5 Å². The first-order valence-corrected chi connectivity index (χ1v) is 13.0. The molecule has 1 atom stereocenters. The Morgan fingerprint density at radius 2 is 1.69 bits per heavy atom. The Kier molecular flexibility index (Phi) is 8.67. The van der Waals surface area contributed by atoms with Crippen molar-refractivity contribution in [3.05, 3.63) is 72.3 Å². The molecule has 1 amide bonds. The fourth-order valence-corrected chi connectivity index (χ4v) is 5.73. The topological polar surface area (TPSA) is 77.0 Å². The first kappa shape index (κ1) is 27.5. The summed E-state index contributed by atoms with van der Waals surface area (Å²) in [6.45, 7) is 12.2. The van der Waals surface area contributed by atoms with Crippen LogP contribution in [0.1, 0.15) is 53.5 Å². The highest BCUT2D eigenvalue weighted by Gasteiger charge is 2.53. The zero-order valence-corrected chi connectivity index (χ0v) is 22.8. The monoisotopic (exact) mass is 508 g/mol. The number of thioether (sulfide) groups is 1. The van der Waals surface area contributed by atoms with Gasteiger partial charge in [0.1, 0.15) is 5.60 Å². The van der Waals surface area contributed by atoms with Crippen LogP contribution in [-0.2, 0) is 19.7 Å². The number of hydrogen-bond donors (Lipinski definition) is 1. The Morgan fingerprint density at radius 1 is 1.03 bits per heavy atom. The molecule has 0 aromatic heterocycles. The molecule has 1 aliphatic heterocycles. The van der Waals surface area contributed by atoms with Crippen molar-refractivity contribution in [2.24, 2.45) is 10.4 Å². The molecule has 0 spiro atoms. The summed E-state index contributed by atoms with van der Waals surface area (Å²) in [6, 6.07) is 18.2. The number of para-hydroxylation sites is 1. The number of carbonyl (C=O) groups excluding carboxylic acids is 2. The lowest BCUT2D eigenvalue weighted by Crippen LogP contribution is -2.47. The molecule has 2 aromatic carbocycles. The summed E-state index contributed by atoms with van der Waals surface area (Å²) in [5, 5.41) is 3.84. The molecular formula is C29H36N2O4S. The predicted octanol–water partition coefficient (Wildman–Crippen LogP) is 6.82. The lowest BCUT2D eigenvalue weighted by atomic mass is 9.60. The molecule has 1 heterocycles. The highest BCUT2D eigenvalue weighted by Crippen LogP contribution is 2.56. The maximum absolute atomic E-state index is 12.4. The van der Waals surface area contributed by atoms with Gasteiger partial charge in [-0.05, 0) is 63.3 Å². The third-order valence-electron chi connectivity index (χ3n) is 6.10. The first-order valence-electron chi connectivity index (χ1n) is 12.2. The molecule has 6 nitrogen and oxygen atoms in total. The third-order valence-corrected chi connectivity index (χ3v) is 7.24. The molecule has 1 N–H and O–H groups in total. The van der Waals surface area contributed by atoms with Gasteiger partial charge in [0.05, 0.1) is 22.8 Å². The minimum Gasteiger partial charge on any atom is -0.463 e. The molecule has 0 radical (unpaired) electrons. The summed E-state index contributed by atoms with van der Waals surface area (Å²) in [4.78, 5) is 30.8. The molecule has 0 fully saturated rings. The van der Waals surface area contributed by atoms with Crippen molar-refractivity contribution in [3.63, 3.8) is 0 Å². The summed E-state index contributed by atoms with van der Waals surface area (Å²) in [7, 11) is 0. The normalized spacial score (nSPS) is 17.4.